The first-order chi connectivity index (χ1) is 9.47. The second kappa shape index (κ2) is 6.26. The highest BCUT2D eigenvalue weighted by molar-refractivity contribution is 5.74. The van der Waals surface area contributed by atoms with Crippen LogP contribution in [0.3, 0.4) is 0 Å². The van der Waals surface area contributed by atoms with Gasteiger partial charge in [0.25, 0.3) is 0 Å². The van der Waals surface area contributed by atoms with Gasteiger partial charge in [0.2, 0.25) is 0 Å². The normalized spacial score (nSPS) is 22.9. The van der Waals surface area contributed by atoms with Gasteiger partial charge in [-0.3, -0.25) is 5.10 Å². The van der Waals surface area contributed by atoms with Crippen LogP contribution in [0.1, 0.15) is 30.8 Å². The van der Waals surface area contributed by atoms with E-state index in [0.717, 1.165) is 17.8 Å². The van der Waals surface area contributed by atoms with Gasteiger partial charge in [-0.15, -0.1) is 0 Å². The van der Waals surface area contributed by atoms with Crippen molar-refractivity contribution < 1.29 is 9.53 Å². The second-order valence-electron chi connectivity index (χ2n) is 5.56. The molecule has 0 aromatic carbocycles. The number of urea groups is 1. The molecule has 2 atom stereocenters. The lowest BCUT2D eigenvalue weighted by Crippen LogP contribution is -2.51. The molecule has 0 radical (unpaired) electrons. The molecule has 0 saturated carbocycles. The number of aromatic nitrogens is 2. The van der Waals surface area contributed by atoms with E-state index in [9.17, 15) is 4.79 Å². The van der Waals surface area contributed by atoms with Crippen molar-refractivity contribution in [3.05, 3.63) is 17.0 Å². The van der Waals surface area contributed by atoms with Gasteiger partial charge in [0.05, 0.1) is 17.9 Å². The van der Waals surface area contributed by atoms with Gasteiger partial charge in [0.15, 0.2) is 0 Å². The van der Waals surface area contributed by atoms with Gasteiger partial charge in [0.1, 0.15) is 0 Å². The van der Waals surface area contributed by atoms with Crippen molar-refractivity contribution in [2.45, 2.75) is 46.3 Å². The molecule has 2 N–H and O–H groups in total. The summed E-state index contributed by atoms with van der Waals surface area (Å²) in [5.74, 6) is 0. The van der Waals surface area contributed by atoms with Crippen LogP contribution in [0.15, 0.2) is 0 Å². The van der Waals surface area contributed by atoms with E-state index in [-0.39, 0.29) is 18.2 Å². The van der Waals surface area contributed by atoms with Gasteiger partial charge in [-0.2, -0.15) is 5.10 Å². The van der Waals surface area contributed by atoms with Crippen LogP contribution in [0.25, 0.3) is 0 Å². The van der Waals surface area contributed by atoms with Crippen molar-refractivity contribution >= 4 is 6.03 Å². The van der Waals surface area contributed by atoms with E-state index in [4.69, 9.17) is 4.74 Å². The van der Waals surface area contributed by atoms with Gasteiger partial charge in [0, 0.05) is 25.3 Å². The Morgan fingerprint density at radius 1 is 1.40 bits per heavy atom. The maximum atomic E-state index is 12.1. The van der Waals surface area contributed by atoms with E-state index in [1.165, 1.54) is 5.56 Å². The molecule has 1 aliphatic heterocycles. The Morgan fingerprint density at radius 2 is 2.05 bits per heavy atom. The zero-order chi connectivity index (χ0) is 14.7. The molecule has 6 heteroatoms. The van der Waals surface area contributed by atoms with Gasteiger partial charge in [-0.05, 0) is 39.7 Å². The highest BCUT2D eigenvalue weighted by Crippen LogP contribution is 2.11. The van der Waals surface area contributed by atoms with E-state index in [1.54, 1.807) is 0 Å². The Labute approximate surface area is 119 Å². The fourth-order valence-electron chi connectivity index (χ4n) is 2.69. The van der Waals surface area contributed by atoms with Crippen LogP contribution < -0.4 is 5.32 Å². The molecule has 2 amide bonds. The third-order valence-corrected chi connectivity index (χ3v) is 3.64. The number of carbonyl (C=O) groups excluding carboxylic acids is 1. The number of nitrogens with one attached hydrogen (secondary N) is 2. The number of amides is 2. The molecule has 0 unspecified atom stereocenters. The Bertz CT molecular complexity index is 442. The Hall–Kier alpha value is -1.56. The summed E-state index contributed by atoms with van der Waals surface area (Å²) in [6.07, 6.45) is 1.00. The zero-order valence-electron chi connectivity index (χ0n) is 12.7. The van der Waals surface area contributed by atoms with Crippen molar-refractivity contribution in [2.75, 3.05) is 19.6 Å². The quantitative estimate of drug-likeness (QED) is 0.879. The van der Waals surface area contributed by atoms with Crippen molar-refractivity contribution in [3.63, 3.8) is 0 Å². The molecule has 1 aromatic heterocycles. The van der Waals surface area contributed by atoms with Crippen LogP contribution in [0.4, 0.5) is 4.79 Å². The molecule has 1 aromatic rings. The Balaban J connectivity index is 1.80. The first kappa shape index (κ1) is 14.8. The lowest BCUT2D eigenvalue weighted by molar-refractivity contribution is -0.0544. The van der Waals surface area contributed by atoms with Crippen LogP contribution in [0.2, 0.25) is 0 Å². The fraction of sp³-hybridized carbons (Fsp3) is 0.714. The standard InChI is InChI=1S/C14H24N4O2/c1-9-7-18(8-10(2)20-9)14(19)15-6-5-13-11(3)16-17-12(13)4/h9-10H,5-8H2,1-4H3,(H,15,19)(H,16,17)/t9-,10+. The molecular weight excluding hydrogens is 256 g/mol. The largest absolute Gasteiger partial charge is 0.372 e. The second-order valence-corrected chi connectivity index (χ2v) is 5.56. The molecule has 2 heterocycles. The summed E-state index contributed by atoms with van der Waals surface area (Å²) < 4.78 is 5.63. The third kappa shape index (κ3) is 3.50. The summed E-state index contributed by atoms with van der Waals surface area (Å²) in [6, 6.07) is -0.00852. The number of nitrogens with zero attached hydrogens (tertiary/aromatic N) is 2. The highest BCUT2D eigenvalue weighted by atomic mass is 16.5. The molecule has 1 fully saturated rings. The Kier molecular flexibility index (Phi) is 4.65. The number of aromatic amines is 1. The average Bonchev–Trinajstić information content (AvgIpc) is 2.69. The van der Waals surface area contributed by atoms with Crippen molar-refractivity contribution in [1.29, 1.82) is 0 Å². The van der Waals surface area contributed by atoms with Crippen LogP contribution in [0.5, 0.6) is 0 Å². The van der Waals surface area contributed by atoms with E-state index in [2.05, 4.69) is 15.5 Å². The molecule has 112 valence electrons. The van der Waals surface area contributed by atoms with Crippen LogP contribution in [0, 0.1) is 13.8 Å². The minimum absolute atomic E-state index is 0.00852. The van der Waals surface area contributed by atoms with E-state index in [0.29, 0.717) is 19.6 Å². The SMILES string of the molecule is Cc1n[nH]c(C)c1CCNC(=O)N1C[C@@H](C)O[C@@H](C)C1. The van der Waals surface area contributed by atoms with Crippen LogP contribution in [-0.2, 0) is 11.2 Å². The smallest absolute Gasteiger partial charge is 0.317 e. The minimum Gasteiger partial charge on any atom is -0.372 e. The summed E-state index contributed by atoms with van der Waals surface area (Å²) in [6.45, 7) is 9.90. The summed E-state index contributed by atoms with van der Waals surface area (Å²) in [5.41, 5.74) is 3.27. The van der Waals surface area contributed by atoms with Crippen molar-refractivity contribution in [3.8, 4) is 0 Å². The number of rotatable bonds is 3. The highest BCUT2D eigenvalue weighted by Gasteiger charge is 2.25. The van der Waals surface area contributed by atoms with E-state index in [1.807, 2.05) is 32.6 Å². The molecule has 20 heavy (non-hydrogen) atoms. The molecule has 2 rings (SSSR count). The fourth-order valence-corrected chi connectivity index (χ4v) is 2.69. The van der Waals surface area contributed by atoms with E-state index >= 15 is 0 Å². The molecule has 0 spiro atoms. The number of morpholine rings is 1. The average molecular weight is 280 g/mol. The number of aryl methyl sites for hydroxylation is 2. The predicted octanol–water partition coefficient (Wildman–Crippen LogP) is 1.39. The molecule has 0 bridgehead atoms. The number of H-pyrrole nitrogens is 1. The first-order valence-corrected chi connectivity index (χ1v) is 7.16. The number of carbonyl (C=O) groups is 1. The Morgan fingerprint density at radius 3 is 2.60 bits per heavy atom. The lowest BCUT2D eigenvalue weighted by Gasteiger charge is -2.35. The minimum atomic E-state index is -0.00852. The summed E-state index contributed by atoms with van der Waals surface area (Å²) in [5, 5.41) is 10.1. The molecular formula is C14H24N4O2. The lowest BCUT2D eigenvalue weighted by atomic mass is 10.1. The van der Waals surface area contributed by atoms with Crippen molar-refractivity contribution in [2.24, 2.45) is 0 Å². The topological polar surface area (TPSA) is 70.2 Å². The van der Waals surface area contributed by atoms with Crippen LogP contribution >= 0.6 is 0 Å². The van der Waals surface area contributed by atoms with Gasteiger partial charge < -0.3 is 15.0 Å². The first-order valence-electron chi connectivity index (χ1n) is 7.16. The molecule has 1 aliphatic rings. The van der Waals surface area contributed by atoms with Crippen molar-refractivity contribution in [1.82, 2.24) is 20.4 Å². The summed E-state index contributed by atoms with van der Waals surface area (Å²) in [4.78, 5) is 14.0. The number of hydrogen-bond acceptors (Lipinski definition) is 3. The number of hydrogen-bond donors (Lipinski definition) is 2. The number of ether oxygens (including phenoxy) is 1. The predicted molar refractivity (Wildman–Crippen MR) is 76.7 cm³/mol. The van der Waals surface area contributed by atoms with Gasteiger partial charge in [-0.25, -0.2) is 4.79 Å². The maximum absolute atomic E-state index is 12.1. The maximum Gasteiger partial charge on any atom is 0.317 e. The van der Waals surface area contributed by atoms with Gasteiger partial charge in [-0.1, -0.05) is 0 Å². The summed E-state index contributed by atoms with van der Waals surface area (Å²) >= 11 is 0. The zero-order valence-corrected chi connectivity index (χ0v) is 12.7. The molecule has 1 saturated heterocycles. The van der Waals surface area contributed by atoms with Gasteiger partial charge >= 0.3 is 6.03 Å². The third-order valence-electron chi connectivity index (χ3n) is 3.64. The molecule has 0 aliphatic carbocycles. The molecule has 6 nitrogen and oxygen atoms in total. The van der Waals surface area contributed by atoms with E-state index < -0.39 is 0 Å². The summed E-state index contributed by atoms with van der Waals surface area (Å²) in [7, 11) is 0. The van der Waals surface area contributed by atoms with Crippen LogP contribution in [-0.4, -0.2) is 53.0 Å². The monoisotopic (exact) mass is 280 g/mol.